The molecule has 24 heavy (non-hydrogen) atoms. The van der Waals surface area contributed by atoms with Gasteiger partial charge in [-0.3, -0.25) is 0 Å². The average Bonchev–Trinajstić information content (AvgIpc) is 2.87. The minimum absolute atomic E-state index is 0.235. The van der Waals surface area contributed by atoms with Crippen LogP contribution >= 0.6 is 0 Å². The van der Waals surface area contributed by atoms with Gasteiger partial charge in [-0.15, -0.1) is 0 Å². The van der Waals surface area contributed by atoms with Crippen molar-refractivity contribution in [3.05, 3.63) is 40.6 Å². The molecule has 0 bridgehead atoms. The van der Waals surface area contributed by atoms with E-state index in [9.17, 15) is 0 Å². The fourth-order valence-corrected chi connectivity index (χ4v) is 3.08. The number of hydrogen-bond acceptors (Lipinski definition) is 5. The summed E-state index contributed by atoms with van der Waals surface area (Å²) in [5.74, 6) is 2.34. The quantitative estimate of drug-likeness (QED) is 0.820. The van der Waals surface area contributed by atoms with E-state index in [-0.39, 0.29) is 17.6 Å². The highest BCUT2D eigenvalue weighted by Crippen LogP contribution is 2.42. The first-order chi connectivity index (χ1) is 11.3. The highest BCUT2D eigenvalue weighted by atomic mass is 16.6. The maximum absolute atomic E-state index is 9.17. The molecule has 1 aromatic heterocycles. The molecule has 5 nitrogen and oxygen atoms in total. The largest absolute Gasteiger partial charge is 0.487 e. The van der Waals surface area contributed by atoms with Crippen molar-refractivity contribution < 1.29 is 14.0 Å². The van der Waals surface area contributed by atoms with Crippen LogP contribution in [0.4, 0.5) is 0 Å². The zero-order valence-corrected chi connectivity index (χ0v) is 14.7. The van der Waals surface area contributed by atoms with Gasteiger partial charge in [0.1, 0.15) is 23.2 Å². The molecule has 0 unspecified atom stereocenters. The van der Waals surface area contributed by atoms with Gasteiger partial charge in [-0.25, -0.2) is 0 Å². The molecule has 5 heteroatoms. The molecule has 126 valence electrons. The minimum Gasteiger partial charge on any atom is -0.487 e. The minimum atomic E-state index is -0.357. The number of hydrogen-bond donors (Lipinski definition) is 0. The van der Waals surface area contributed by atoms with E-state index in [0.29, 0.717) is 17.9 Å². The number of benzene rings is 1. The van der Waals surface area contributed by atoms with Crippen LogP contribution in [0.5, 0.6) is 11.6 Å². The summed E-state index contributed by atoms with van der Waals surface area (Å²) in [6.07, 6.45) is 0.430. The Balaban J connectivity index is 1.98. The summed E-state index contributed by atoms with van der Waals surface area (Å²) >= 11 is 0. The van der Waals surface area contributed by atoms with E-state index in [1.807, 2.05) is 32.9 Å². The van der Waals surface area contributed by atoms with Gasteiger partial charge >= 0.3 is 0 Å². The number of rotatable bonds is 3. The van der Waals surface area contributed by atoms with Crippen molar-refractivity contribution in [3.63, 3.8) is 0 Å². The van der Waals surface area contributed by atoms with Crippen LogP contribution in [0.1, 0.15) is 68.6 Å². The molecule has 0 saturated carbocycles. The standard InChI is InChI=1S/C19H22N2O3/c1-11(2)17-12(3)18(21-24-17)22-16-9-19(4,5)23-15-7-6-13(10-20)8-14(15)16/h6-8,11,16H,9H2,1-5H3/t16-/m0/s1. The summed E-state index contributed by atoms with van der Waals surface area (Å²) in [7, 11) is 0. The third kappa shape index (κ3) is 2.96. The van der Waals surface area contributed by atoms with E-state index in [1.165, 1.54) is 0 Å². The Morgan fingerprint density at radius 1 is 1.38 bits per heavy atom. The lowest BCUT2D eigenvalue weighted by atomic mass is 9.90. The lowest BCUT2D eigenvalue weighted by Gasteiger charge is -2.37. The predicted molar refractivity (Wildman–Crippen MR) is 89.2 cm³/mol. The Kier molecular flexibility index (Phi) is 4.00. The lowest BCUT2D eigenvalue weighted by Crippen LogP contribution is -2.36. The molecule has 0 aliphatic carbocycles. The molecule has 1 aromatic carbocycles. The zero-order chi connectivity index (χ0) is 17.5. The van der Waals surface area contributed by atoms with Crippen LogP contribution in [0.3, 0.4) is 0 Å². The third-order valence-corrected chi connectivity index (χ3v) is 4.24. The van der Waals surface area contributed by atoms with Gasteiger partial charge in [0, 0.05) is 17.9 Å². The normalized spacial score (nSPS) is 18.6. The van der Waals surface area contributed by atoms with Crippen LogP contribution in [0.25, 0.3) is 0 Å². The SMILES string of the molecule is Cc1c(O[C@H]2CC(C)(C)Oc3ccc(C#N)cc32)noc1C(C)C. The van der Waals surface area contributed by atoms with E-state index in [1.54, 1.807) is 6.07 Å². The molecule has 0 N–H and O–H groups in total. The Morgan fingerprint density at radius 2 is 2.12 bits per heavy atom. The van der Waals surface area contributed by atoms with Gasteiger partial charge in [-0.1, -0.05) is 13.8 Å². The molecule has 2 aromatic rings. The van der Waals surface area contributed by atoms with E-state index in [0.717, 1.165) is 22.6 Å². The maximum Gasteiger partial charge on any atom is 0.257 e. The fraction of sp³-hybridized carbons (Fsp3) is 0.474. The van der Waals surface area contributed by atoms with Gasteiger partial charge in [-0.2, -0.15) is 5.26 Å². The van der Waals surface area contributed by atoms with E-state index in [4.69, 9.17) is 19.3 Å². The molecule has 1 aliphatic heterocycles. The van der Waals surface area contributed by atoms with Crippen molar-refractivity contribution in [1.82, 2.24) is 5.16 Å². The van der Waals surface area contributed by atoms with Crippen molar-refractivity contribution in [1.29, 1.82) is 5.26 Å². The topological polar surface area (TPSA) is 68.3 Å². The van der Waals surface area contributed by atoms with Crippen LogP contribution in [0.2, 0.25) is 0 Å². The van der Waals surface area contributed by atoms with Crippen molar-refractivity contribution in [2.45, 2.75) is 58.7 Å². The molecule has 1 aliphatic rings. The lowest BCUT2D eigenvalue weighted by molar-refractivity contribution is 0.0189. The fourth-order valence-electron chi connectivity index (χ4n) is 3.08. The maximum atomic E-state index is 9.17. The number of nitrogens with zero attached hydrogens (tertiary/aromatic N) is 2. The van der Waals surface area contributed by atoms with Gasteiger partial charge in [0.15, 0.2) is 0 Å². The number of aromatic nitrogens is 1. The summed E-state index contributed by atoms with van der Waals surface area (Å²) in [6, 6.07) is 7.59. The molecular weight excluding hydrogens is 304 g/mol. The summed E-state index contributed by atoms with van der Waals surface area (Å²) in [6.45, 7) is 10.1. The number of ether oxygens (including phenoxy) is 2. The molecule has 0 fully saturated rings. The van der Waals surface area contributed by atoms with Crippen LogP contribution in [0, 0.1) is 18.3 Å². The second-order valence-corrected chi connectivity index (χ2v) is 7.17. The van der Waals surface area contributed by atoms with Gasteiger partial charge < -0.3 is 14.0 Å². The first-order valence-corrected chi connectivity index (χ1v) is 8.16. The van der Waals surface area contributed by atoms with Gasteiger partial charge in [0.25, 0.3) is 5.88 Å². The van der Waals surface area contributed by atoms with Crippen LogP contribution in [-0.4, -0.2) is 10.8 Å². The van der Waals surface area contributed by atoms with E-state index < -0.39 is 0 Å². The Hall–Kier alpha value is -2.48. The molecule has 1 atom stereocenters. The highest BCUT2D eigenvalue weighted by molar-refractivity contribution is 5.45. The molecule has 2 heterocycles. The third-order valence-electron chi connectivity index (χ3n) is 4.24. The highest BCUT2D eigenvalue weighted by Gasteiger charge is 2.36. The van der Waals surface area contributed by atoms with E-state index in [2.05, 4.69) is 25.1 Å². The molecule has 0 amide bonds. The summed E-state index contributed by atoms with van der Waals surface area (Å²) in [5.41, 5.74) is 2.03. The number of nitriles is 1. The van der Waals surface area contributed by atoms with Crippen molar-refractivity contribution in [2.24, 2.45) is 0 Å². The number of fused-ring (bicyclic) bond motifs is 1. The summed E-state index contributed by atoms with van der Waals surface area (Å²) in [4.78, 5) is 0. The molecule has 0 saturated heterocycles. The summed E-state index contributed by atoms with van der Waals surface area (Å²) in [5, 5.41) is 13.3. The van der Waals surface area contributed by atoms with Gasteiger partial charge in [0.2, 0.25) is 0 Å². The van der Waals surface area contributed by atoms with E-state index >= 15 is 0 Å². The molecular formula is C19H22N2O3. The van der Waals surface area contributed by atoms with Crippen LogP contribution in [-0.2, 0) is 0 Å². The molecule has 0 radical (unpaired) electrons. The Morgan fingerprint density at radius 3 is 2.75 bits per heavy atom. The van der Waals surface area contributed by atoms with Gasteiger partial charge in [0.05, 0.1) is 17.2 Å². The summed E-state index contributed by atoms with van der Waals surface area (Å²) < 4.78 is 17.6. The van der Waals surface area contributed by atoms with Gasteiger partial charge in [-0.05, 0) is 44.1 Å². The second kappa shape index (κ2) is 5.86. The Bertz CT molecular complexity index is 799. The predicted octanol–water partition coefficient (Wildman–Crippen LogP) is 4.66. The van der Waals surface area contributed by atoms with Crippen molar-refractivity contribution in [2.75, 3.05) is 0 Å². The smallest absolute Gasteiger partial charge is 0.257 e. The average molecular weight is 326 g/mol. The molecule has 0 spiro atoms. The van der Waals surface area contributed by atoms with Crippen LogP contribution in [0.15, 0.2) is 22.7 Å². The Labute approximate surface area is 142 Å². The first-order valence-electron chi connectivity index (χ1n) is 8.16. The van der Waals surface area contributed by atoms with Crippen molar-refractivity contribution >= 4 is 0 Å². The zero-order valence-electron chi connectivity index (χ0n) is 14.7. The second-order valence-electron chi connectivity index (χ2n) is 7.17. The monoisotopic (exact) mass is 326 g/mol. The molecule has 3 rings (SSSR count). The first kappa shape index (κ1) is 16.4. The van der Waals surface area contributed by atoms with Crippen LogP contribution < -0.4 is 9.47 Å². The van der Waals surface area contributed by atoms with Crippen molar-refractivity contribution in [3.8, 4) is 17.7 Å².